The van der Waals surface area contributed by atoms with Crippen LogP contribution in [0.5, 0.6) is 0 Å². The first-order chi connectivity index (χ1) is 14.4. The number of fused-ring (bicyclic) bond motifs is 1. The van der Waals surface area contributed by atoms with Gasteiger partial charge in [-0.2, -0.15) is 0 Å². The van der Waals surface area contributed by atoms with Gasteiger partial charge in [0.2, 0.25) is 5.91 Å². The molecule has 0 unspecified atom stereocenters. The van der Waals surface area contributed by atoms with Crippen LogP contribution in [0.4, 0.5) is 5.13 Å². The van der Waals surface area contributed by atoms with Crippen LogP contribution in [-0.2, 0) is 17.8 Å². The maximum atomic E-state index is 13.4. The highest BCUT2D eigenvalue weighted by molar-refractivity contribution is 7.22. The number of hydrogen-bond acceptors (Lipinski definition) is 4. The standard InChI is InChI=1S/C25H26N2O2S/c1-16(2)21-8-5-9-22-24(21)26-25(30-22)27(15-20-7-6-12-29-20)23(28)14-19-11-10-17(3)18(4)13-19/h5-13,16H,14-15H2,1-4H3. The monoisotopic (exact) mass is 418 g/mol. The number of anilines is 1. The fourth-order valence-electron chi connectivity index (χ4n) is 3.54. The average molecular weight is 419 g/mol. The summed E-state index contributed by atoms with van der Waals surface area (Å²) in [6, 6.07) is 16.2. The summed E-state index contributed by atoms with van der Waals surface area (Å²) in [6.07, 6.45) is 1.96. The number of aryl methyl sites for hydroxylation is 2. The van der Waals surface area contributed by atoms with E-state index in [4.69, 9.17) is 9.40 Å². The summed E-state index contributed by atoms with van der Waals surface area (Å²) in [5.41, 5.74) is 5.62. The van der Waals surface area contributed by atoms with Crippen molar-refractivity contribution in [2.24, 2.45) is 0 Å². The van der Waals surface area contributed by atoms with Gasteiger partial charge in [-0.25, -0.2) is 4.98 Å². The molecule has 30 heavy (non-hydrogen) atoms. The molecule has 0 radical (unpaired) electrons. The Hall–Kier alpha value is -2.92. The van der Waals surface area contributed by atoms with Crippen LogP contribution in [0.25, 0.3) is 10.2 Å². The summed E-state index contributed by atoms with van der Waals surface area (Å²) in [4.78, 5) is 20.0. The molecular formula is C25H26N2O2S. The van der Waals surface area contributed by atoms with Crippen LogP contribution in [-0.4, -0.2) is 10.9 Å². The van der Waals surface area contributed by atoms with Gasteiger partial charge in [0.1, 0.15) is 5.76 Å². The summed E-state index contributed by atoms with van der Waals surface area (Å²) in [7, 11) is 0. The number of carbonyl (C=O) groups is 1. The van der Waals surface area contributed by atoms with Gasteiger partial charge in [-0.15, -0.1) is 0 Å². The summed E-state index contributed by atoms with van der Waals surface area (Å²) >= 11 is 1.56. The van der Waals surface area contributed by atoms with Crippen LogP contribution in [0, 0.1) is 13.8 Å². The van der Waals surface area contributed by atoms with E-state index in [0.717, 1.165) is 21.5 Å². The highest BCUT2D eigenvalue weighted by Crippen LogP contribution is 2.34. The Bertz CT molecular complexity index is 1180. The van der Waals surface area contributed by atoms with Crippen molar-refractivity contribution in [3.8, 4) is 0 Å². The second-order valence-electron chi connectivity index (χ2n) is 8.00. The van der Waals surface area contributed by atoms with Crippen LogP contribution < -0.4 is 4.90 Å². The Balaban J connectivity index is 1.70. The molecule has 0 atom stereocenters. The van der Waals surface area contributed by atoms with Gasteiger partial charge in [0.15, 0.2) is 5.13 Å². The predicted octanol–water partition coefficient (Wildman–Crippen LogP) is 6.41. The molecule has 0 spiro atoms. The number of thiazole rings is 1. The second-order valence-corrected chi connectivity index (χ2v) is 9.01. The lowest BCUT2D eigenvalue weighted by Crippen LogP contribution is -2.31. The lowest BCUT2D eigenvalue weighted by atomic mass is 10.0. The van der Waals surface area contributed by atoms with E-state index in [2.05, 4.69) is 58.0 Å². The molecule has 2 heterocycles. The minimum absolute atomic E-state index is 0.0137. The van der Waals surface area contributed by atoms with Crippen LogP contribution in [0.15, 0.2) is 59.2 Å². The Morgan fingerprint density at radius 2 is 1.93 bits per heavy atom. The molecule has 0 bridgehead atoms. The minimum atomic E-state index is 0.0137. The molecule has 0 aliphatic heterocycles. The summed E-state index contributed by atoms with van der Waals surface area (Å²) in [5.74, 6) is 1.12. The number of aromatic nitrogens is 1. The number of rotatable bonds is 6. The lowest BCUT2D eigenvalue weighted by Gasteiger charge is -2.19. The first-order valence-corrected chi connectivity index (χ1v) is 11.0. The Morgan fingerprint density at radius 1 is 1.10 bits per heavy atom. The molecule has 5 heteroatoms. The van der Waals surface area contributed by atoms with Gasteiger partial charge in [0.05, 0.1) is 29.4 Å². The van der Waals surface area contributed by atoms with E-state index in [0.29, 0.717) is 24.0 Å². The summed E-state index contributed by atoms with van der Waals surface area (Å²) in [6.45, 7) is 8.86. The number of furan rings is 1. The van der Waals surface area contributed by atoms with E-state index in [9.17, 15) is 4.79 Å². The van der Waals surface area contributed by atoms with Crippen molar-refractivity contribution in [3.05, 3.63) is 82.8 Å². The quantitative estimate of drug-likeness (QED) is 0.364. The van der Waals surface area contributed by atoms with E-state index in [1.54, 1.807) is 22.5 Å². The maximum Gasteiger partial charge on any atom is 0.233 e. The van der Waals surface area contributed by atoms with Crippen LogP contribution in [0.2, 0.25) is 0 Å². The van der Waals surface area contributed by atoms with E-state index in [1.807, 2.05) is 18.2 Å². The number of para-hydroxylation sites is 1. The number of nitrogens with zero attached hydrogens (tertiary/aromatic N) is 2. The fourth-order valence-corrected chi connectivity index (χ4v) is 4.56. The molecule has 0 saturated heterocycles. The SMILES string of the molecule is Cc1ccc(CC(=O)N(Cc2ccco2)c2nc3c(C(C)C)cccc3s2)cc1C. The first kappa shape index (κ1) is 20.4. The first-order valence-electron chi connectivity index (χ1n) is 10.2. The average Bonchev–Trinajstić information content (AvgIpc) is 3.37. The van der Waals surface area contributed by atoms with Gasteiger partial charge in [-0.05, 0) is 60.2 Å². The van der Waals surface area contributed by atoms with Gasteiger partial charge < -0.3 is 4.42 Å². The van der Waals surface area contributed by atoms with E-state index in [-0.39, 0.29) is 5.91 Å². The van der Waals surface area contributed by atoms with E-state index < -0.39 is 0 Å². The molecule has 0 aliphatic rings. The molecule has 4 rings (SSSR count). The molecule has 0 N–H and O–H groups in total. The molecule has 2 aromatic carbocycles. The third-order valence-corrected chi connectivity index (χ3v) is 6.46. The second kappa shape index (κ2) is 8.44. The third kappa shape index (κ3) is 4.17. The maximum absolute atomic E-state index is 13.4. The van der Waals surface area contributed by atoms with Crippen molar-refractivity contribution >= 4 is 32.6 Å². The smallest absolute Gasteiger partial charge is 0.233 e. The molecule has 0 fully saturated rings. The van der Waals surface area contributed by atoms with E-state index in [1.165, 1.54) is 16.7 Å². The Kier molecular flexibility index (Phi) is 5.73. The van der Waals surface area contributed by atoms with Gasteiger partial charge in [-0.1, -0.05) is 55.5 Å². The highest BCUT2D eigenvalue weighted by Gasteiger charge is 2.22. The number of amides is 1. The summed E-state index contributed by atoms with van der Waals surface area (Å²) in [5, 5.41) is 0.711. The van der Waals surface area contributed by atoms with Crippen molar-refractivity contribution in [2.75, 3.05) is 4.90 Å². The zero-order valence-electron chi connectivity index (χ0n) is 17.8. The Labute approximate surface area is 181 Å². The Morgan fingerprint density at radius 3 is 2.63 bits per heavy atom. The van der Waals surface area contributed by atoms with Crippen molar-refractivity contribution in [2.45, 2.75) is 46.6 Å². The zero-order chi connectivity index (χ0) is 21.3. The van der Waals surface area contributed by atoms with Crippen LogP contribution in [0.3, 0.4) is 0 Å². The number of hydrogen-bond donors (Lipinski definition) is 0. The molecule has 0 aliphatic carbocycles. The number of benzene rings is 2. The molecule has 4 nitrogen and oxygen atoms in total. The van der Waals surface area contributed by atoms with Crippen molar-refractivity contribution in [1.29, 1.82) is 0 Å². The summed E-state index contributed by atoms with van der Waals surface area (Å²) < 4.78 is 6.64. The molecular weight excluding hydrogens is 392 g/mol. The normalized spacial score (nSPS) is 11.4. The third-order valence-electron chi connectivity index (χ3n) is 5.41. The lowest BCUT2D eigenvalue weighted by molar-refractivity contribution is -0.118. The van der Waals surface area contributed by atoms with Gasteiger partial charge >= 0.3 is 0 Å². The van der Waals surface area contributed by atoms with Crippen molar-refractivity contribution < 1.29 is 9.21 Å². The molecule has 2 aromatic heterocycles. The molecule has 4 aromatic rings. The van der Waals surface area contributed by atoms with Crippen molar-refractivity contribution in [3.63, 3.8) is 0 Å². The van der Waals surface area contributed by atoms with Gasteiger partial charge in [0.25, 0.3) is 0 Å². The number of carbonyl (C=O) groups excluding carboxylic acids is 1. The molecule has 1 amide bonds. The fraction of sp³-hybridized carbons (Fsp3) is 0.280. The molecule has 154 valence electrons. The highest BCUT2D eigenvalue weighted by atomic mass is 32.1. The van der Waals surface area contributed by atoms with Gasteiger partial charge in [-0.3, -0.25) is 9.69 Å². The van der Waals surface area contributed by atoms with Crippen LogP contribution in [0.1, 0.15) is 47.8 Å². The largest absolute Gasteiger partial charge is 0.467 e. The van der Waals surface area contributed by atoms with Gasteiger partial charge in [0, 0.05) is 0 Å². The minimum Gasteiger partial charge on any atom is -0.467 e. The van der Waals surface area contributed by atoms with Crippen LogP contribution >= 0.6 is 11.3 Å². The molecule has 0 saturated carbocycles. The van der Waals surface area contributed by atoms with E-state index >= 15 is 0 Å². The topological polar surface area (TPSA) is 46.3 Å². The predicted molar refractivity (Wildman–Crippen MR) is 123 cm³/mol. The van der Waals surface area contributed by atoms with Crippen molar-refractivity contribution in [1.82, 2.24) is 4.98 Å². The zero-order valence-corrected chi connectivity index (χ0v) is 18.6.